The van der Waals surface area contributed by atoms with Crippen molar-refractivity contribution in [2.45, 2.75) is 19.3 Å². The Bertz CT molecular complexity index is 3180. The zero-order valence-electron chi connectivity index (χ0n) is 31.0. The highest BCUT2D eigenvalue weighted by Gasteiger charge is 2.35. The van der Waals surface area contributed by atoms with Crippen LogP contribution in [-0.4, -0.2) is 15.0 Å². The molecule has 3 nitrogen and oxygen atoms in total. The number of hydrogen-bond acceptors (Lipinski definition) is 4. The Morgan fingerprint density at radius 3 is 1.91 bits per heavy atom. The first-order valence-electron chi connectivity index (χ1n) is 19.1. The molecule has 0 saturated carbocycles. The van der Waals surface area contributed by atoms with Crippen LogP contribution in [0.3, 0.4) is 0 Å². The summed E-state index contributed by atoms with van der Waals surface area (Å²) >= 11 is 1.81. The number of thiophene rings is 1. The Balaban J connectivity index is 1.10. The van der Waals surface area contributed by atoms with Gasteiger partial charge in [0.25, 0.3) is 0 Å². The highest BCUT2D eigenvalue weighted by molar-refractivity contribution is 7.26. The van der Waals surface area contributed by atoms with E-state index in [0.29, 0.717) is 5.82 Å². The fourth-order valence-electron chi connectivity index (χ4n) is 8.66. The summed E-state index contributed by atoms with van der Waals surface area (Å²) in [5.41, 5.74) is 15.4. The van der Waals surface area contributed by atoms with Crippen LogP contribution in [0.1, 0.15) is 25.0 Å². The Morgan fingerprint density at radius 2 is 1.05 bits per heavy atom. The minimum atomic E-state index is -0.121. The SMILES string of the molecule is CC1(C)c2ccccc2-c2ccc(-c3cc(-c4cccc(-c5ccccc5)c4)nc(-c4cccc(-c5nc6ccccc6c6c5sc5ccccc56)c4)n3)cc21. The molecule has 0 bridgehead atoms. The van der Waals surface area contributed by atoms with Crippen molar-refractivity contribution >= 4 is 42.4 Å². The number of hydrogen-bond donors (Lipinski definition) is 0. The van der Waals surface area contributed by atoms with E-state index >= 15 is 0 Å². The molecule has 0 saturated heterocycles. The summed E-state index contributed by atoms with van der Waals surface area (Å²) in [6.07, 6.45) is 0. The number of aromatic nitrogens is 3. The maximum atomic E-state index is 5.36. The van der Waals surface area contributed by atoms with Gasteiger partial charge in [0.15, 0.2) is 5.82 Å². The minimum absolute atomic E-state index is 0.121. The lowest BCUT2D eigenvalue weighted by atomic mass is 9.82. The molecule has 0 amide bonds. The summed E-state index contributed by atoms with van der Waals surface area (Å²) in [5, 5.41) is 3.71. The second-order valence-electron chi connectivity index (χ2n) is 15.2. The Morgan fingerprint density at radius 1 is 0.429 bits per heavy atom. The van der Waals surface area contributed by atoms with Crippen molar-refractivity contribution in [2.24, 2.45) is 0 Å². The van der Waals surface area contributed by atoms with Crippen LogP contribution >= 0.6 is 11.3 Å². The van der Waals surface area contributed by atoms with E-state index in [1.807, 2.05) is 11.3 Å². The third-order valence-corrected chi connectivity index (χ3v) is 12.7. The zero-order valence-corrected chi connectivity index (χ0v) is 31.8. The van der Waals surface area contributed by atoms with Crippen molar-refractivity contribution in [2.75, 3.05) is 0 Å². The highest BCUT2D eigenvalue weighted by atomic mass is 32.1. The van der Waals surface area contributed by atoms with Gasteiger partial charge in [-0.15, -0.1) is 11.3 Å². The van der Waals surface area contributed by atoms with E-state index in [9.17, 15) is 0 Å². The second kappa shape index (κ2) is 12.7. The van der Waals surface area contributed by atoms with Crippen molar-refractivity contribution in [1.82, 2.24) is 15.0 Å². The lowest BCUT2D eigenvalue weighted by molar-refractivity contribution is 0.660. The molecule has 0 radical (unpaired) electrons. The van der Waals surface area contributed by atoms with Crippen LogP contribution in [0.25, 0.3) is 98.5 Å². The molecule has 0 spiro atoms. The van der Waals surface area contributed by atoms with Crippen LogP contribution in [0.4, 0.5) is 0 Å². The summed E-state index contributed by atoms with van der Waals surface area (Å²) in [7, 11) is 0. The number of rotatable bonds is 5. The predicted octanol–water partition coefficient (Wildman–Crippen LogP) is 14.0. The van der Waals surface area contributed by atoms with E-state index in [-0.39, 0.29) is 5.41 Å². The van der Waals surface area contributed by atoms with Crippen molar-refractivity contribution in [3.63, 3.8) is 0 Å². The van der Waals surface area contributed by atoms with Crippen LogP contribution in [0.2, 0.25) is 0 Å². The molecule has 1 aliphatic carbocycles. The number of fused-ring (bicyclic) bond motifs is 8. The van der Waals surface area contributed by atoms with Gasteiger partial charge in [0.05, 0.1) is 27.3 Å². The molecule has 10 aromatic rings. The molecular weight excluding hydrogens is 699 g/mol. The summed E-state index contributed by atoms with van der Waals surface area (Å²) in [4.78, 5) is 16.0. The molecule has 0 fully saturated rings. The average Bonchev–Trinajstić information content (AvgIpc) is 3.76. The van der Waals surface area contributed by atoms with E-state index in [1.54, 1.807) is 0 Å². The molecule has 3 aromatic heterocycles. The standard InChI is InChI=1S/C52H35N3S/c1-52(2)42-23-9-6-20-38(42)39-27-26-35(30-43(39)52)46-31-45(34-17-12-16-33(28-34)32-14-4-3-5-15-32)54-51(55-46)37-19-13-18-36(29-37)49-50-48(40-21-7-10-24-44(40)53-49)41-22-8-11-25-47(41)56-50/h3-31H,1-2H3. The quantitative estimate of drug-likeness (QED) is 0.177. The monoisotopic (exact) mass is 733 g/mol. The van der Waals surface area contributed by atoms with Gasteiger partial charge < -0.3 is 0 Å². The topological polar surface area (TPSA) is 38.7 Å². The van der Waals surface area contributed by atoms with E-state index < -0.39 is 0 Å². The Kier molecular flexibility index (Phi) is 7.38. The molecule has 3 heterocycles. The van der Waals surface area contributed by atoms with Crippen molar-refractivity contribution in [1.29, 1.82) is 0 Å². The molecule has 0 N–H and O–H groups in total. The van der Waals surface area contributed by atoms with Gasteiger partial charge in [0.1, 0.15) is 0 Å². The third kappa shape index (κ3) is 5.21. The fraction of sp³-hybridized carbons (Fsp3) is 0.0577. The van der Waals surface area contributed by atoms with Gasteiger partial charge in [-0.2, -0.15) is 0 Å². The van der Waals surface area contributed by atoms with Crippen molar-refractivity contribution in [3.8, 4) is 67.4 Å². The first kappa shape index (κ1) is 32.7. The van der Waals surface area contributed by atoms with Crippen LogP contribution in [0.5, 0.6) is 0 Å². The molecule has 1 aliphatic rings. The van der Waals surface area contributed by atoms with E-state index in [2.05, 4.69) is 190 Å². The van der Waals surface area contributed by atoms with Crippen LogP contribution in [-0.2, 0) is 5.41 Å². The van der Waals surface area contributed by atoms with Crippen LogP contribution in [0.15, 0.2) is 176 Å². The summed E-state index contributed by atoms with van der Waals surface area (Å²) in [5.74, 6) is 0.681. The molecule has 0 aliphatic heterocycles. The lowest BCUT2D eigenvalue weighted by Crippen LogP contribution is -2.14. The van der Waals surface area contributed by atoms with Gasteiger partial charge in [-0.1, -0.05) is 153 Å². The summed E-state index contributed by atoms with van der Waals surface area (Å²) in [6, 6.07) is 62.8. The van der Waals surface area contributed by atoms with Gasteiger partial charge >= 0.3 is 0 Å². The lowest BCUT2D eigenvalue weighted by Gasteiger charge is -2.22. The normalized spacial score (nSPS) is 13.0. The molecule has 7 aromatic carbocycles. The maximum absolute atomic E-state index is 5.36. The smallest absolute Gasteiger partial charge is 0.160 e. The Hall–Kier alpha value is -6.75. The van der Waals surface area contributed by atoms with E-state index in [4.69, 9.17) is 15.0 Å². The van der Waals surface area contributed by atoms with E-state index in [0.717, 1.165) is 50.4 Å². The maximum Gasteiger partial charge on any atom is 0.160 e. The van der Waals surface area contributed by atoms with Gasteiger partial charge in [-0.25, -0.2) is 15.0 Å². The minimum Gasteiger partial charge on any atom is -0.246 e. The van der Waals surface area contributed by atoms with Gasteiger partial charge in [-0.3, -0.25) is 0 Å². The number of pyridine rings is 1. The van der Waals surface area contributed by atoms with Gasteiger partial charge in [-0.05, 0) is 69.8 Å². The fourth-order valence-corrected chi connectivity index (χ4v) is 9.89. The van der Waals surface area contributed by atoms with E-state index in [1.165, 1.54) is 53.4 Å². The Labute approximate surface area is 329 Å². The molecule has 56 heavy (non-hydrogen) atoms. The number of nitrogens with zero attached hydrogens (tertiary/aromatic N) is 3. The molecule has 264 valence electrons. The van der Waals surface area contributed by atoms with Gasteiger partial charge in [0.2, 0.25) is 0 Å². The highest BCUT2D eigenvalue weighted by Crippen LogP contribution is 2.50. The first-order chi connectivity index (χ1) is 27.5. The summed E-state index contributed by atoms with van der Waals surface area (Å²) < 4.78 is 2.45. The molecule has 11 rings (SSSR count). The molecule has 0 unspecified atom stereocenters. The van der Waals surface area contributed by atoms with Crippen LogP contribution < -0.4 is 0 Å². The van der Waals surface area contributed by atoms with Crippen LogP contribution in [0, 0.1) is 0 Å². The third-order valence-electron chi connectivity index (χ3n) is 11.5. The molecule has 4 heteroatoms. The number of para-hydroxylation sites is 1. The summed E-state index contributed by atoms with van der Waals surface area (Å²) in [6.45, 7) is 4.65. The van der Waals surface area contributed by atoms with Crippen molar-refractivity contribution < 1.29 is 0 Å². The van der Waals surface area contributed by atoms with Crippen molar-refractivity contribution in [3.05, 3.63) is 187 Å². The molecular formula is C52H35N3S. The average molecular weight is 734 g/mol. The van der Waals surface area contributed by atoms with Gasteiger partial charge in [0, 0.05) is 48.5 Å². The number of benzene rings is 7. The second-order valence-corrected chi connectivity index (χ2v) is 16.3. The first-order valence-corrected chi connectivity index (χ1v) is 19.9. The predicted molar refractivity (Wildman–Crippen MR) is 235 cm³/mol. The zero-order chi connectivity index (χ0) is 37.4. The molecule has 0 atom stereocenters. The largest absolute Gasteiger partial charge is 0.246 e.